The highest BCUT2D eigenvalue weighted by atomic mass is 35.5. The number of rotatable bonds is 9. The van der Waals surface area contributed by atoms with Crippen molar-refractivity contribution in [2.45, 2.75) is 37.2 Å². The third-order valence-electron chi connectivity index (χ3n) is 4.47. The topological polar surface area (TPSA) is 61.2 Å². The zero-order valence-corrected chi connectivity index (χ0v) is 18.0. The molecule has 3 rings (SSSR count). The van der Waals surface area contributed by atoms with E-state index < -0.39 is 0 Å². The molecule has 7 heteroatoms. The summed E-state index contributed by atoms with van der Waals surface area (Å²) in [6, 6.07) is 14.2. The number of hydrogen-bond donors (Lipinski definition) is 0. The molecule has 0 aliphatic carbocycles. The zero-order chi connectivity index (χ0) is 20.8. The van der Waals surface area contributed by atoms with E-state index in [1.54, 1.807) is 34.9 Å². The Morgan fingerprint density at radius 1 is 1.24 bits per heavy atom. The second-order valence-corrected chi connectivity index (χ2v) is 8.30. The van der Waals surface area contributed by atoms with Gasteiger partial charge in [-0.3, -0.25) is 14.2 Å². The van der Waals surface area contributed by atoms with Gasteiger partial charge < -0.3 is 4.74 Å². The summed E-state index contributed by atoms with van der Waals surface area (Å²) < 4.78 is 7.03. The Morgan fingerprint density at radius 2 is 2.00 bits per heavy atom. The molecule has 1 heterocycles. The summed E-state index contributed by atoms with van der Waals surface area (Å²) in [7, 11) is 0. The van der Waals surface area contributed by atoms with Crippen molar-refractivity contribution in [2.24, 2.45) is 0 Å². The van der Waals surface area contributed by atoms with Crippen LogP contribution in [-0.4, -0.2) is 33.8 Å². The van der Waals surface area contributed by atoms with Gasteiger partial charge in [0.2, 0.25) is 0 Å². The first kappa shape index (κ1) is 21.6. The minimum Gasteiger partial charge on any atom is -0.382 e. The normalized spacial score (nSPS) is 12.2. The first-order chi connectivity index (χ1) is 14.0. The van der Waals surface area contributed by atoms with E-state index in [0.717, 1.165) is 0 Å². The van der Waals surface area contributed by atoms with Crippen LogP contribution in [0.3, 0.4) is 0 Å². The minimum atomic E-state index is -0.390. The Hall–Kier alpha value is -2.15. The van der Waals surface area contributed by atoms with Crippen LogP contribution in [0, 0.1) is 0 Å². The molecule has 152 valence electrons. The number of aromatic nitrogens is 2. The third kappa shape index (κ3) is 5.26. The van der Waals surface area contributed by atoms with Crippen LogP contribution in [0.2, 0.25) is 5.02 Å². The number of nitrogens with zero attached hydrogens (tertiary/aromatic N) is 2. The SMILES string of the molecule is CCOCCCn1c(SC(C)C(=O)c2ccccc2)nc2cc(Cl)ccc2c1=O. The van der Waals surface area contributed by atoms with Gasteiger partial charge in [-0.25, -0.2) is 4.98 Å². The molecule has 0 amide bonds. The number of Topliss-reactive ketones (excluding diaryl/α,β-unsaturated/α-hetero) is 1. The van der Waals surface area contributed by atoms with Gasteiger partial charge in [0, 0.05) is 30.3 Å². The minimum absolute atomic E-state index is 0.00286. The van der Waals surface area contributed by atoms with Crippen molar-refractivity contribution in [3.8, 4) is 0 Å². The number of carbonyl (C=O) groups is 1. The second kappa shape index (κ2) is 10.1. The van der Waals surface area contributed by atoms with Crippen LogP contribution in [0.25, 0.3) is 10.9 Å². The van der Waals surface area contributed by atoms with Gasteiger partial charge in [0.1, 0.15) is 0 Å². The lowest BCUT2D eigenvalue weighted by Gasteiger charge is -2.16. The number of fused-ring (bicyclic) bond motifs is 1. The van der Waals surface area contributed by atoms with Crippen LogP contribution in [-0.2, 0) is 11.3 Å². The summed E-state index contributed by atoms with van der Waals surface area (Å²) in [5.74, 6) is -0.00286. The summed E-state index contributed by atoms with van der Waals surface area (Å²) in [4.78, 5) is 30.5. The molecule has 29 heavy (non-hydrogen) atoms. The van der Waals surface area contributed by atoms with Crippen LogP contribution in [0.4, 0.5) is 0 Å². The van der Waals surface area contributed by atoms with Gasteiger partial charge in [-0.1, -0.05) is 53.7 Å². The molecule has 5 nitrogen and oxygen atoms in total. The quantitative estimate of drug-likeness (QED) is 0.210. The molecule has 0 saturated carbocycles. The Morgan fingerprint density at radius 3 is 2.72 bits per heavy atom. The van der Waals surface area contributed by atoms with E-state index in [-0.39, 0.29) is 16.6 Å². The Bertz CT molecular complexity index is 1050. The van der Waals surface area contributed by atoms with E-state index in [1.807, 2.05) is 32.0 Å². The van der Waals surface area contributed by atoms with Crippen molar-refractivity contribution in [1.82, 2.24) is 9.55 Å². The van der Waals surface area contributed by atoms with E-state index >= 15 is 0 Å². The standard InChI is InChI=1S/C22H23ClN2O3S/c1-3-28-13-7-12-25-21(27)18-11-10-17(23)14-19(18)24-22(25)29-15(2)20(26)16-8-5-4-6-9-16/h4-6,8-11,14-15H,3,7,12-13H2,1-2H3. The highest BCUT2D eigenvalue weighted by Crippen LogP contribution is 2.26. The summed E-state index contributed by atoms with van der Waals surface area (Å²) >= 11 is 7.38. The summed E-state index contributed by atoms with van der Waals surface area (Å²) in [5, 5.41) is 1.15. The summed E-state index contributed by atoms with van der Waals surface area (Å²) in [5.41, 5.74) is 1.04. The molecule has 0 N–H and O–H groups in total. The maximum atomic E-state index is 13.1. The van der Waals surface area contributed by atoms with E-state index in [1.165, 1.54) is 11.8 Å². The molecule has 1 unspecified atom stereocenters. The van der Waals surface area contributed by atoms with E-state index in [4.69, 9.17) is 16.3 Å². The van der Waals surface area contributed by atoms with E-state index in [2.05, 4.69) is 4.98 Å². The highest BCUT2D eigenvalue weighted by Gasteiger charge is 2.20. The Kier molecular flexibility index (Phi) is 7.47. The first-order valence-corrected chi connectivity index (χ1v) is 10.8. The van der Waals surface area contributed by atoms with E-state index in [0.29, 0.717) is 52.8 Å². The van der Waals surface area contributed by atoms with Crippen molar-refractivity contribution >= 4 is 40.0 Å². The molecule has 0 radical (unpaired) electrons. The van der Waals surface area contributed by atoms with Crippen molar-refractivity contribution in [3.05, 3.63) is 69.5 Å². The van der Waals surface area contributed by atoms with Crippen LogP contribution >= 0.6 is 23.4 Å². The zero-order valence-electron chi connectivity index (χ0n) is 16.4. The number of benzene rings is 2. The Labute approximate surface area is 179 Å². The lowest BCUT2D eigenvalue weighted by Crippen LogP contribution is -2.25. The molecule has 2 aromatic carbocycles. The van der Waals surface area contributed by atoms with Gasteiger partial charge in [-0.2, -0.15) is 0 Å². The largest absolute Gasteiger partial charge is 0.382 e. The molecule has 0 saturated heterocycles. The fourth-order valence-electron chi connectivity index (χ4n) is 2.98. The van der Waals surface area contributed by atoms with Crippen molar-refractivity contribution in [1.29, 1.82) is 0 Å². The van der Waals surface area contributed by atoms with Gasteiger partial charge in [-0.05, 0) is 38.5 Å². The number of ketones is 1. The molecule has 0 aliphatic heterocycles. The molecule has 0 fully saturated rings. The van der Waals surface area contributed by atoms with Gasteiger partial charge in [0.25, 0.3) is 5.56 Å². The maximum Gasteiger partial charge on any atom is 0.262 e. The highest BCUT2D eigenvalue weighted by molar-refractivity contribution is 8.00. The summed E-state index contributed by atoms with van der Waals surface area (Å²) in [6.45, 7) is 5.43. The van der Waals surface area contributed by atoms with Crippen LogP contribution < -0.4 is 5.56 Å². The molecule has 0 spiro atoms. The number of carbonyl (C=O) groups excluding carboxylic acids is 1. The average Bonchev–Trinajstić information content (AvgIpc) is 2.72. The van der Waals surface area contributed by atoms with Gasteiger partial charge in [0.15, 0.2) is 10.9 Å². The Balaban J connectivity index is 1.95. The second-order valence-electron chi connectivity index (χ2n) is 6.55. The summed E-state index contributed by atoms with van der Waals surface area (Å²) in [6.07, 6.45) is 0.684. The molecule has 1 atom stereocenters. The average molecular weight is 431 g/mol. The van der Waals surface area contributed by atoms with Crippen LogP contribution in [0.5, 0.6) is 0 Å². The number of hydrogen-bond acceptors (Lipinski definition) is 5. The molecule has 1 aromatic heterocycles. The molecule has 0 bridgehead atoms. The van der Waals surface area contributed by atoms with Gasteiger partial charge >= 0.3 is 0 Å². The monoisotopic (exact) mass is 430 g/mol. The fraction of sp³-hybridized carbons (Fsp3) is 0.318. The lowest BCUT2D eigenvalue weighted by atomic mass is 10.1. The number of ether oxygens (including phenoxy) is 1. The van der Waals surface area contributed by atoms with Gasteiger partial charge in [0.05, 0.1) is 16.2 Å². The van der Waals surface area contributed by atoms with Crippen molar-refractivity contribution in [3.63, 3.8) is 0 Å². The van der Waals surface area contributed by atoms with Crippen molar-refractivity contribution < 1.29 is 9.53 Å². The van der Waals surface area contributed by atoms with E-state index in [9.17, 15) is 9.59 Å². The number of thioether (sulfide) groups is 1. The van der Waals surface area contributed by atoms with Crippen molar-refractivity contribution in [2.75, 3.05) is 13.2 Å². The number of halogens is 1. The van der Waals surface area contributed by atoms with Crippen LogP contribution in [0.1, 0.15) is 30.6 Å². The van der Waals surface area contributed by atoms with Gasteiger partial charge in [-0.15, -0.1) is 0 Å². The molecular formula is C22H23ClN2O3S. The smallest absolute Gasteiger partial charge is 0.262 e. The van der Waals surface area contributed by atoms with Crippen LogP contribution in [0.15, 0.2) is 58.5 Å². The maximum absolute atomic E-state index is 13.1. The predicted molar refractivity (Wildman–Crippen MR) is 118 cm³/mol. The molecular weight excluding hydrogens is 408 g/mol. The lowest BCUT2D eigenvalue weighted by molar-refractivity contribution is 0.0993. The molecule has 0 aliphatic rings. The molecule has 3 aromatic rings. The predicted octanol–water partition coefficient (Wildman–Crippen LogP) is 4.84. The first-order valence-electron chi connectivity index (χ1n) is 9.55. The third-order valence-corrected chi connectivity index (χ3v) is 5.79. The fourth-order valence-corrected chi connectivity index (χ4v) is 4.16.